The average molecular weight is 187 g/mol. The van der Waals surface area contributed by atoms with E-state index in [2.05, 4.69) is 16.3 Å². The van der Waals surface area contributed by atoms with Gasteiger partial charge in [0.15, 0.2) is 0 Å². The lowest BCUT2D eigenvalue weighted by atomic mass is 10.2. The van der Waals surface area contributed by atoms with Crippen molar-refractivity contribution in [2.24, 2.45) is 0 Å². The molecule has 72 valence electrons. The SMILES string of the molecule is CNCC1CN1c1ccccc1C#N. The van der Waals surface area contributed by atoms with Gasteiger partial charge in [-0.3, -0.25) is 0 Å². The molecular weight excluding hydrogens is 174 g/mol. The van der Waals surface area contributed by atoms with Crippen LogP contribution in [0.2, 0.25) is 0 Å². The lowest BCUT2D eigenvalue weighted by molar-refractivity contribution is 0.791. The number of likely N-dealkylation sites (N-methyl/N-ethyl adjacent to an activating group) is 1. The Hall–Kier alpha value is -1.53. The van der Waals surface area contributed by atoms with Gasteiger partial charge in [-0.1, -0.05) is 12.1 Å². The van der Waals surface area contributed by atoms with Crippen molar-refractivity contribution >= 4 is 5.69 Å². The van der Waals surface area contributed by atoms with Crippen LogP contribution in [0.15, 0.2) is 24.3 Å². The Morgan fingerprint density at radius 3 is 3.07 bits per heavy atom. The van der Waals surface area contributed by atoms with E-state index >= 15 is 0 Å². The summed E-state index contributed by atoms with van der Waals surface area (Å²) in [6.07, 6.45) is 0. The number of hydrogen-bond donors (Lipinski definition) is 1. The van der Waals surface area contributed by atoms with Crippen molar-refractivity contribution < 1.29 is 0 Å². The molecule has 14 heavy (non-hydrogen) atoms. The van der Waals surface area contributed by atoms with Crippen LogP contribution >= 0.6 is 0 Å². The fraction of sp³-hybridized carbons (Fsp3) is 0.364. The number of para-hydroxylation sites is 1. The van der Waals surface area contributed by atoms with Crippen LogP contribution < -0.4 is 10.2 Å². The van der Waals surface area contributed by atoms with Crippen molar-refractivity contribution in [3.8, 4) is 6.07 Å². The fourth-order valence-corrected chi connectivity index (χ4v) is 1.70. The van der Waals surface area contributed by atoms with Gasteiger partial charge in [-0.2, -0.15) is 5.26 Å². The fourth-order valence-electron chi connectivity index (χ4n) is 1.70. The van der Waals surface area contributed by atoms with E-state index < -0.39 is 0 Å². The Bertz CT molecular complexity index is 367. The Labute approximate surface area is 84.0 Å². The summed E-state index contributed by atoms with van der Waals surface area (Å²) >= 11 is 0. The highest BCUT2D eigenvalue weighted by Crippen LogP contribution is 2.29. The van der Waals surface area contributed by atoms with Gasteiger partial charge in [0, 0.05) is 13.1 Å². The molecule has 0 amide bonds. The number of hydrogen-bond acceptors (Lipinski definition) is 3. The first kappa shape index (κ1) is 9.04. The third-order valence-electron chi connectivity index (χ3n) is 2.49. The molecule has 0 bridgehead atoms. The summed E-state index contributed by atoms with van der Waals surface area (Å²) in [5, 5.41) is 12.1. The maximum absolute atomic E-state index is 8.92. The molecule has 0 radical (unpaired) electrons. The summed E-state index contributed by atoms with van der Waals surface area (Å²) in [4.78, 5) is 2.25. The first-order valence-electron chi connectivity index (χ1n) is 4.77. The number of nitrogens with zero attached hydrogens (tertiary/aromatic N) is 2. The van der Waals surface area contributed by atoms with Crippen molar-refractivity contribution in [3.63, 3.8) is 0 Å². The minimum absolute atomic E-state index is 0.564. The molecule has 1 atom stereocenters. The summed E-state index contributed by atoms with van der Waals surface area (Å²) < 4.78 is 0. The molecule has 0 saturated carbocycles. The van der Waals surface area contributed by atoms with E-state index in [1.165, 1.54) is 0 Å². The smallest absolute Gasteiger partial charge is 0.101 e. The van der Waals surface area contributed by atoms with E-state index in [1.807, 2.05) is 31.3 Å². The van der Waals surface area contributed by atoms with E-state index in [-0.39, 0.29) is 0 Å². The second kappa shape index (κ2) is 3.69. The van der Waals surface area contributed by atoms with Crippen molar-refractivity contribution in [3.05, 3.63) is 29.8 Å². The molecule has 0 aromatic heterocycles. The van der Waals surface area contributed by atoms with E-state index in [0.29, 0.717) is 6.04 Å². The van der Waals surface area contributed by atoms with Crippen LogP contribution in [-0.2, 0) is 0 Å². The molecule has 1 unspecified atom stereocenters. The molecule has 0 aliphatic carbocycles. The second-order valence-electron chi connectivity index (χ2n) is 3.49. The molecule has 1 aliphatic heterocycles. The van der Waals surface area contributed by atoms with E-state index in [4.69, 9.17) is 5.26 Å². The molecule has 3 nitrogen and oxygen atoms in total. The van der Waals surface area contributed by atoms with Gasteiger partial charge < -0.3 is 10.2 Å². The van der Waals surface area contributed by atoms with Gasteiger partial charge in [0.2, 0.25) is 0 Å². The summed E-state index contributed by atoms with van der Waals surface area (Å²) in [7, 11) is 1.95. The maximum atomic E-state index is 8.92. The second-order valence-corrected chi connectivity index (χ2v) is 3.49. The number of rotatable bonds is 3. The quantitative estimate of drug-likeness (QED) is 0.716. The standard InChI is InChI=1S/C11H13N3/c1-13-7-10-8-14(10)11-5-3-2-4-9(11)6-12/h2-5,10,13H,7-8H2,1H3. The van der Waals surface area contributed by atoms with Crippen LogP contribution in [0.25, 0.3) is 0 Å². The molecule has 0 spiro atoms. The molecule has 1 N–H and O–H groups in total. The van der Waals surface area contributed by atoms with Crippen molar-refractivity contribution in [2.75, 3.05) is 25.0 Å². The van der Waals surface area contributed by atoms with Gasteiger partial charge in [-0.15, -0.1) is 0 Å². The van der Waals surface area contributed by atoms with Crippen LogP contribution in [0.3, 0.4) is 0 Å². The van der Waals surface area contributed by atoms with Gasteiger partial charge >= 0.3 is 0 Å². The van der Waals surface area contributed by atoms with Crippen molar-refractivity contribution in [1.29, 1.82) is 5.26 Å². The van der Waals surface area contributed by atoms with Crippen LogP contribution in [0, 0.1) is 11.3 Å². The zero-order valence-electron chi connectivity index (χ0n) is 8.20. The zero-order chi connectivity index (χ0) is 9.97. The van der Waals surface area contributed by atoms with Gasteiger partial charge in [0.25, 0.3) is 0 Å². The average Bonchev–Trinajstić information content (AvgIpc) is 2.98. The Kier molecular flexibility index (Phi) is 2.38. The summed E-state index contributed by atoms with van der Waals surface area (Å²) in [5.41, 5.74) is 1.83. The molecule has 1 fully saturated rings. The third-order valence-corrected chi connectivity index (χ3v) is 2.49. The number of benzene rings is 1. The van der Waals surface area contributed by atoms with E-state index in [9.17, 15) is 0 Å². The third kappa shape index (κ3) is 1.57. The molecule has 1 aromatic rings. The molecular formula is C11H13N3. The summed E-state index contributed by atoms with van der Waals surface area (Å²) in [6, 6.07) is 10.5. The monoisotopic (exact) mass is 187 g/mol. The van der Waals surface area contributed by atoms with Crippen molar-refractivity contribution in [1.82, 2.24) is 5.32 Å². The highest BCUT2D eigenvalue weighted by Gasteiger charge is 2.34. The minimum Gasteiger partial charge on any atom is -0.362 e. The topological polar surface area (TPSA) is 38.8 Å². The molecule has 1 aliphatic rings. The van der Waals surface area contributed by atoms with Gasteiger partial charge in [-0.05, 0) is 19.2 Å². The highest BCUT2D eigenvalue weighted by atomic mass is 15.3. The van der Waals surface area contributed by atoms with Gasteiger partial charge in [0.05, 0.1) is 17.3 Å². The molecule has 1 saturated heterocycles. The predicted octanol–water partition coefficient (Wildman–Crippen LogP) is 0.966. The van der Waals surface area contributed by atoms with Crippen LogP contribution in [-0.4, -0.2) is 26.2 Å². The largest absolute Gasteiger partial charge is 0.362 e. The first-order chi connectivity index (χ1) is 6.86. The zero-order valence-corrected chi connectivity index (χ0v) is 8.20. The molecule has 1 heterocycles. The lowest BCUT2D eigenvalue weighted by Crippen LogP contribution is -2.17. The predicted molar refractivity (Wildman–Crippen MR) is 56.2 cm³/mol. The Balaban J connectivity index is 2.15. The summed E-state index contributed by atoms with van der Waals surface area (Å²) in [6.45, 7) is 2.04. The summed E-state index contributed by atoms with van der Waals surface area (Å²) in [5.74, 6) is 0. The van der Waals surface area contributed by atoms with E-state index in [1.54, 1.807) is 0 Å². The lowest BCUT2D eigenvalue weighted by Gasteiger charge is -2.06. The van der Waals surface area contributed by atoms with Crippen LogP contribution in [0.5, 0.6) is 0 Å². The molecule has 3 heteroatoms. The minimum atomic E-state index is 0.564. The first-order valence-corrected chi connectivity index (χ1v) is 4.77. The number of nitrogens with one attached hydrogen (secondary N) is 1. The van der Waals surface area contributed by atoms with E-state index in [0.717, 1.165) is 24.3 Å². The normalized spacial score (nSPS) is 19.1. The van der Waals surface area contributed by atoms with Crippen molar-refractivity contribution in [2.45, 2.75) is 6.04 Å². The maximum Gasteiger partial charge on any atom is 0.101 e. The van der Waals surface area contributed by atoms with Crippen LogP contribution in [0.1, 0.15) is 5.56 Å². The number of anilines is 1. The van der Waals surface area contributed by atoms with Gasteiger partial charge in [0.1, 0.15) is 6.07 Å². The Morgan fingerprint density at radius 1 is 1.57 bits per heavy atom. The van der Waals surface area contributed by atoms with Crippen LogP contribution in [0.4, 0.5) is 5.69 Å². The Morgan fingerprint density at radius 2 is 2.36 bits per heavy atom. The highest BCUT2D eigenvalue weighted by molar-refractivity contribution is 5.63. The van der Waals surface area contributed by atoms with Gasteiger partial charge in [-0.25, -0.2) is 0 Å². The molecule has 1 aromatic carbocycles. The number of nitriles is 1. The molecule has 2 rings (SSSR count).